The van der Waals surface area contributed by atoms with E-state index in [1.807, 2.05) is 72.8 Å². The summed E-state index contributed by atoms with van der Waals surface area (Å²) in [6.07, 6.45) is 1.80. The molecule has 210 valence electrons. The number of benzene rings is 6. The summed E-state index contributed by atoms with van der Waals surface area (Å²) < 4.78 is 6.47. The van der Waals surface area contributed by atoms with Gasteiger partial charge in [-0.1, -0.05) is 109 Å². The molecule has 0 N–H and O–H groups in total. The van der Waals surface area contributed by atoms with Crippen LogP contribution in [0.2, 0.25) is 0 Å². The molecule has 5 heteroatoms. The first-order valence-electron chi connectivity index (χ1n) is 14.9. The first kappa shape index (κ1) is 25.3. The largest absolute Gasteiger partial charge is 0.454 e. The van der Waals surface area contributed by atoms with Gasteiger partial charge in [-0.25, -0.2) is 15.0 Å². The van der Waals surface area contributed by atoms with Crippen LogP contribution in [0.1, 0.15) is 0 Å². The van der Waals surface area contributed by atoms with E-state index in [0.717, 1.165) is 49.9 Å². The molecular weight excluding hydrogens is 552 g/mol. The van der Waals surface area contributed by atoms with Crippen molar-refractivity contribution >= 4 is 43.6 Å². The summed E-state index contributed by atoms with van der Waals surface area (Å²) in [7, 11) is 0. The van der Waals surface area contributed by atoms with Gasteiger partial charge in [0.2, 0.25) is 0 Å². The first-order chi connectivity index (χ1) is 22.3. The molecule has 0 spiro atoms. The molecule has 0 radical (unpaired) electrons. The molecular formula is C40H24N4O. The monoisotopic (exact) mass is 576 g/mol. The van der Waals surface area contributed by atoms with E-state index in [0.29, 0.717) is 17.5 Å². The highest BCUT2D eigenvalue weighted by Crippen LogP contribution is 2.42. The summed E-state index contributed by atoms with van der Waals surface area (Å²) >= 11 is 0. The third kappa shape index (κ3) is 4.25. The van der Waals surface area contributed by atoms with Gasteiger partial charge in [-0.2, -0.15) is 0 Å². The van der Waals surface area contributed by atoms with E-state index >= 15 is 0 Å². The molecule has 0 bridgehead atoms. The molecule has 0 unspecified atom stereocenters. The van der Waals surface area contributed by atoms with Gasteiger partial charge in [0.1, 0.15) is 11.1 Å². The Morgan fingerprint density at radius 1 is 0.422 bits per heavy atom. The molecule has 3 heterocycles. The maximum atomic E-state index is 6.47. The lowest BCUT2D eigenvalue weighted by Gasteiger charge is -2.13. The van der Waals surface area contributed by atoms with Gasteiger partial charge in [0.05, 0.1) is 5.39 Å². The summed E-state index contributed by atoms with van der Waals surface area (Å²) in [6, 6.07) is 47.6. The minimum absolute atomic E-state index is 0.563. The van der Waals surface area contributed by atoms with Gasteiger partial charge < -0.3 is 4.42 Å². The molecule has 0 aliphatic rings. The van der Waals surface area contributed by atoms with E-state index in [1.165, 1.54) is 21.5 Å². The van der Waals surface area contributed by atoms with Crippen LogP contribution < -0.4 is 0 Å². The lowest BCUT2D eigenvalue weighted by Crippen LogP contribution is -2.00. The number of hydrogen-bond acceptors (Lipinski definition) is 5. The van der Waals surface area contributed by atoms with Crippen molar-refractivity contribution in [1.29, 1.82) is 0 Å². The van der Waals surface area contributed by atoms with Crippen molar-refractivity contribution < 1.29 is 4.42 Å². The molecule has 0 atom stereocenters. The third-order valence-electron chi connectivity index (χ3n) is 8.35. The van der Waals surface area contributed by atoms with E-state index in [9.17, 15) is 0 Å². The van der Waals surface area contributed by atoms with E-state index in [4.69, 9.17) is 24.4 Å². The van der Waals surface area contributed by atoms with Crippen molar-refractivity contribution in [3.8, 4) is 45.3 Å². The second kappa shape index (κ2) is 10.2. The van der Waals surface area contributed by atoms with E-state index in [-0.39, 0.29) is 0 Å². The van der Waals surface area contributed by atoms with Crippen LogP contribution in [0.15, 0.2) is 150 Å². The Hall–Kier alpha value is -6.20. The van der Waals surface area contributed by atoms with Crippen molar-refractivity contribution in [2.45, 2.75) is 0 Å². The highest BCUT2D eigenvalue weighted by atomic mass is 16.3. The van der Waals surface area contributed by atoms with Crippen molar-refractivity contribution in [3.05, 3.63) is 146 Å². The smallest absolute Gasteiger partial charge is 0.164 e. The molecule has 0 saturated heterocycles. The van der Waals surface area contributed by atoms with E-state index < -0.39 is 0 Å². The molecule has 0 saturated carbocycles. The van der Waals surface area contributed by atoms with Gasteiger partial charge in [-0.3, -0.25) is 4.98 Å². The molecule has 45 heavy (non-hydrogen) atoms. The van der Waals surface area contributed by atoms with Crippen LogP contribution in [0.25, 0.3) is 88.9 Å². The first-order valence-corrected chi connectivity index (χ1v) is 14.9. The lowest BCUT2D eigenvalue weighted by molar-refractivity contribution is 0.668. The van der Waals surface area contributed by atoms with Crippen LogP contribution in [-0.4, -0.2) is 19.9 Å². The number of furan rings is 1. The molecule has 9 rings (SSSR count). The van der Waals surface area contributed by atoms with Gasteiger partial charge in [0.25, 0.3) is 0 Å². The zero-order valence-corrected chi connectivity index (χ0v) is 24.1. The predicted molar refractivity (Wildman–Crippen MR) is 182 cm³/mol. The topological polar surface area (TPSA) is 64.7 Å². The minimum atomic E-state index is 0.563. The number of fused-ring (bicyclic) bond motifs is 6. The maximum absolute atomic E-state index is 6.47. The highest BCUT2D eigenvalue weighted by molar-refractivity contribution is 6.16. The van der Waals surface area contributed by atoms with Crippen LogP contribution in [-0.2, 0) is 0 Å². The van der Waals surface area contributed by atoms with Crippen molar-refractivity contribution in [3.63, 3.8) is 0 Å². The van der Waals surface area contributed by atoms with Crippen LogP contribution in [0, 0.1) is 0 Å². The number of nitrogens with zero attached hydrogens (tertiary/aromatic N) is 4. The minimum Gasteiger partial charge on any atom is -0.454 e. The average Bonchev–Trinajstić information content (AvgIpc) is 3.50. The Labute approximate surface area is 258 Å². The van der Waals surface area contributed by atoms with E-state index in [2.05, 4.69) is 66.7 Å². The van der Waals surface area contributed by atoms with Gasteiger partial charge in [0, 0.05) is 22.9 Å². The molecule has 5 nitrogen and oxygen atoms in total. The van der Waals surface area contributed by atoms with Crippen molar-refractivity contribution in [2.24, 2.45) is 0 Å². The van der Waals surface area contributed by atoms with Gasteiger partial charge >= 0.3 is 0 Å². The summed E-state index contributed by atoms with van der Waals surface area (Å²) in [5.41, 5.74) is 7.03. The van der Waals surface area contributed by atoms with Crippen molar-refractivity contribution in [2.75, 3.05) is 0 Å². The quantitative estimate of drug-likeness (QED) is 0.195. The summed E-state index contributed by atoms with van der Waals surface area (Å²) in [5, 5.41) is 5.65. The molecule has 0 amide bonds. The number of rotatable bonds is 4. The zero-order valence-electron chi connectivity index (χ0n) is 24.1. The number of hydrogen-bond donors (Lipinski definition) is 0. The second-order valence-corrected chi connectivity index (χ2v) is 11.1. The normalized spacial score (nSPS) is 11.6. The Kier molecular flexibility index (Phi) is 5.74. The number of aromatic nitrogens is 4. The van der Waals surface area contributed by atoms with Gasteiger partial charge in [0.15, 0.2) is 23.1 Å². The van der Waals surface area contributed by atoms with E-state index in [1.54, 1.807) is 6.20 Å². The van der Waals surface area contributed by atoms with Gasteiger partial charge in [-0.15, -0.1) is 0 Å². The fraction of sp³-hybridized carbons (Fsp3) is 0. The predicted octanol–water partition coefficient (Wildman–Crippen LogP) is 10.1. The summed E-state index contributed by atoms with van der Waals surface area (Å²) in [5.74, 6) is 1.78. The summed E-state index contributed by atoms with van der Waals surface area (Å²) in [4.78, 5) is 19.9. The fourth-order valence-electron chi connectivity index (χ4n) is 6.27. The average molecular weight is 577 g/mol. The van der Waals surface area contributed by atoms with Crippen LogP contribution >= 0.6 is 0 Å². The van der Waals surface area contributed by atoms with Crippen LogP contribution in [0.3, 0.4) is 0 Å². The Bertz CT molecular complexity index is 2480. The Balaban J connectivity index is 1.38. The second-order valence-electron chi connectivity index (χ2n) is 11.1. The number of pyridine rings is 1. The standard InChI is InChI=1S/C40H24N4O/c1-3-12-25(13-4-1)38-42-39(26-14-5-2-6-15-26)44-40(43-38)33-23-28(24-35-36(33)37-34(45-35)20-11-21-41-37)32-22-27-16-7-8-17-29(27)30-18-9-10-19-31(30)32/h1-24H. The maximum Gasteiger partial charge on any atom is 0.164 e. The highest BCUT2D eigenvalue weighted by Gasteiger charge is 2.21. The lowest BCUT2D eigenvalue weighted by atomic mass is 9.91. The van der Waals surface area contributed by atoms with Crippen molar-refractivity contribution in [1.82, 2.24) is 19.9 Å². The third-order valence-corrected chi connectivity index (χ3v) is 8.35. The van der Waals surface area contributed by atoms with Crippen LogP contribution in [0.5, 0.6) is 0 Å². The Morgan fingerprint density at radius 3 is 1.78 bits per heavy atom. The zero-order chi connectivity index (χ0) is 29.7. The molecule has 9 aromatic rings. The molecule has 0 aliphatic heterocycles. The SMILES string of the molecule is c1ccc(-c2nc(-c3ccccc3)nc(-c3cc(-c4cc5ccccc5c5ccccc45)cc4oc5cccnc5c34)n2)cc1. The fourth-order valence-corrected chi connectivity index (χ4v) is 6.27. The molecule has 0 fully saturated rings. The summed E-state index contributed by atoms with van der Waals surface area (Å²) in [6.45, 7) is 0. The molecule has 0 aliphatic carbocycles. The molecule has 6 aromatic carbocycles. The Morgan fingerprint density at radius 2 is 1.04 bits per heavy atom. The van der Waals surface area contributed by atoms with Gasteiger partial charge in [-0.05, 0) is 63.0 Å². The van der Waals surface area contributed by atoms with Crippen LogP contribution in [0.4, 0.5) is 0 Å². The molecule has 3 aromatic heterocycles.